The summed E-state index contributed by atoms with van der Waals surface area (Å²) in [6.07, 6.45) is 15.9. The Morgan fingerprint density at radius 3 is 2.25 bits per heavy atom. The quantitative estimate of drug-likeness (QED) is 0.791. The molecule has 116 valence electrons. The lowest BCUT2D eigenvalue weighted by Gasteiger charge is -2.53. The minimum absolute atomic E-state index is 0.528. The summed E-state index contributed by atoms with van der Waals surface area (Å²) in [5.74, 6) is 0.974. The average Bonchev–Trinajstić information content (AvgIpc) is 2.93. The van der Waals surface area contributed by atoms with Crippen molar-refractivity contribution < 1.29 is 0 Å². The summed E-state index contributed by atoms with van der Waals surface area (Å²) >= 11 is 0. The summed E-state index contributed by atoms with van der Waals surface area (Å²) in [5, 5.41) is 4.01. The van der Waals surface area contributed by atoms with E-state index in [-0.39, 0.29) is 0 Å². The van der Waals surface area contributed by atoms with Crippen LogP contribution in [0.15, 0.2) is 0 Å². The lowest BCUT2D eigenvalue weighted by atomic mass is 9.69. The summed E-state index contributed by atoms with van der Waals surface area (Å²) < 4.78 is 0. The molecule has 1 aliphatic heterocycles. The van der Waals surface area contributed by atoms with Crippen LogP contribution in [0.4, 0.5) is 0 Å². The molecule has 2 aliphatic carbocycles. The molecule has 20 heavy (non-hydrogen) atoms. The van der Waals surface area contributed by atoms with Gasteiger partial charge in [-0.05, 0) is 70.5 Å². The molecule has 3 fully saturated rings. The topological polar surface area (TPSA) is 15.3 Å². The van der Waals surface area contributed by atoms with Gasteiger partial charge in [0.25, 0.3) is 0 Å². The third-order valence-corrected chi connectivity index (χ3v) is 6.27. The smallest absolute Gasteiger partial charge is 0.0365 e. The molecule has 0 aromatic rings. The highest BCUT2D eigenvalue weighted by Crippen LogP contribution is 2.45. The van der Waals surface area contributed by atoms with Crippen molar-refractivity contribution in [2.24, 2.45) is 5.92 Å². The van der Waals surface area contributed by atoms with Crippen LogP contribution in [0.2, 0.25) is 0 Å². The summed E-state index contributed by atoms with van der Waals surface area (Å²) in [6.45, 7) is 6.28. The van der Waals surface area contributed by atoms with E-state index in [2.05, 4.69) is 17.1 Å². The van der Waals surface area contributed by atoms with Crippen LogP contribution < -0.4 is 5.32 Å². The van der Waals surface area contributed by atoms with Gasteiger partial charge in [0.2, 0.25) is 0 Å². The highest BCUT2D eigenvalue weighted by atomic mass is 15.2. The Bertz CT molecular complexity index is 286. The fourth-order valence-electron chi connectivity index (χ4n) is 5.02. The first-order valence-corrected chi connectivity index (χ1v) is 9.35. The summed E-state index contributed by atoms with van der Waals surface area (Å²) in [5.41, 5.74) is 0.528. The van der Waals surface area contributed by atoms with Gasteiger partial charge in [-0.15, -0.1) is 0 Å². The molecule has 1 N–H and O–H groups in total. The van der Waals surface area contributed by atoms with Crippen molar-refractivity contribution in [1.29, 1.82) is 0 Å². The van der Waals surface area contributed by atoms with E-state index in [9.17, 15) is 0 Å². The fourth-order valence-corrected chi connectivity index (χ4v) is 5.02. The highest BCUT2D eigenvalue weighted by Gasteiger charge is 2.49. The van der Waals surface area contributed by atoms with E-state index in [1.807, 2.05) is 0 Å². The molecule has 2 saturated carbocycles. The van der Waals surface area contributed by atoms with E-state index in [1.54, 1.807) is 0 Å². The van der Waals surface area contributed by atoms with Gasteiger partial charge in [-0.2, -0.15) is 0 Å². The second-order valence-electron chi connectivity index (χ2n) is 7.48. The van der Waals surface area contributed by atoms with Gasteiger partial charge in [0, 0.05) is 11.6 Å². The molecule has 0 radical (unpaired) electrons. The van der Waals surface area contributed by atoms with Gasteiger partial charge in [0.05, 0.1) is 0 Å². The largest absolute Gasteiger partial charge is 0.312 e. The van der Waals surface area contributed by atoms with Crippen LogP contribution in [0.5, 0.6) is 0 Å². The summed E-state index contributed by atoms with van der Waals surface area (Å²) in [4.78, 5) is 2.93. The second kappa shape index (κ2) is 6.79. The third kappa shape index (κ3) is 2.78. The van der Waals surface area contributed by atoms with Crippen LogP contribution in [-0.2, 0) is 0 Å². The van der Waals surface area contributed by atoms with Crippen molar-refractivity contribution >= 4 is 0 Å². The molecule has 2 nitrogen and oxygen atoms in total. The minimum atomic E-state index is 0.528. The molecule has 1 atom stereocenters. The maximum absolute atomic E-state index is 4.01. The highest BCUT2D eigenvalue weighted by molar-refractivity contribution is 5.07. The molecular formula is C18H34N2. The van der Waals surface area contributed by atoms with E-state index >= 15 is 0 Å². The van der Waals surface area contributed by atoms with Crippen molar-refractivity contribution in [3.8, 4) is 0 Å². The first-order valence-electron chi connectivity index (χ1n) is 9.35. The van der Waals surface area contributed by atoms with Gasteiger partial charge in [-0.3, -0.25) is 4.90 Å². The minimum Gasteiger partial charge on any atom is -0.312 e. The monoisotopic (exact) mass is 278 g/mol. The first kappa shape index (κ1) is 14.8. The Labute approximate surface area is 125 Å². The van der Waals surface area contributed by atoms with Crippen molar-refractivity contribution in [3.63, 3.8) is 0 Å². The van der Waals surface area contributed by atoms with Gasteiger partial charge in [0.1, 0.15) is 0 Å². The molecule has 0 aromatic carbocycles. The van der Waals surface area contributed by atoms with Gasteiger partial charge >= 0.3 is 0 Å². The van der Waals surface area contributed by atoms with Gasteiger partial charge in [-0.25, -0.2) is 0 Å². The SMILES string of the molecule is CCCNC(C1CCC1)C1(N2CCCCC2)CCCC1. The molecule has 0 amide bonds. The van der Waals surface area contributed by atoms with Crippen molar-refractivity contribution in [3.05, 3.63) is 0 Å². The predicted molar refractivity (Wildman–Crippen MR) is 86.0 cm³/mol. The Morgan fingerprint density at radius 2 is 1.70 bits per heavy atom. The predicted octanol–water partition coefficient (Wildman–Crippen LogP) is 3.95. The molecule has 1 saturated heterocycles. The van der Waals surface area contributed by atoms with Crippen LogP contribution >= 0.6 is 0 Å². The Balaban J connectivity index is 1.77. The zero-order valence-corrected chi connectivity index (χ0v) is 13.5. The third-order valence-electron chi connectivity index (χ3n) is 6.27. The lowest BCUT2D eigenvalue weighted by molar-refractivity contribution is 0.00183. The van der Waals surface area contributed by atoms with Gasteiger partial charge in [-0.1, -0.05) is 32.6 Å². The Kier molecular flexibility index (Phi) is 5.04. The number of nitrogens with one attached hydrogen (secondary N) is 1. The lowest BCUT2D eigenvalue weighted by Crippen LogP contribution is -2.64. The van der Waals surface area contributed by atoms with E-state index < -0.39 is 0 Å². The molecule has 0 spiro atoms. The summed E-state index contributed by atoms with van der Waals surface area (Å²) in [6, 6.07) is 0.789. The van der Waals surface area contributed by atoms with E-state index in [1.165, 1.54) is 90.3 Å². The normalized spacial score (nSPS) is 29.2. The average molecular weight is 278 g/mol. The van der Waals surface area contributed by atoms with E-state index in [0.29, 0.717) is 5.54 Å². The van der Waals surface area contributed by atoms with Crippen LogP contribution in [0.3, 0.4) is 0 Å². The molecule has 3 rings (SSSR count). The summed E-state index contributed by atoms with van der Waals surface area (Å²) in [7, 11) is 0. The number of rotatable bonds is 6. The number of hydrogen-bond donors (Lipinski definition) is 1. The van der Waals surface area contributed by atoms with Crippen LogP contribution in [0.25, 0.3) is 0 Å². The number of piperidine rings is 1. The molecule has 1 heterocycles. The molecule has 3 aliphatic rings. The molecule has 0 aromatic heterocycles. The molecule has 0 bridgehead atoms. The van der Waals surface area contributed by atoms with Gasteiger partial charge in [0.15, 0.2) is 0 Å². The molecular weight excluding hydrogens is 244 g/mol. The maximum atomic E-state index is 4.01. The zero-order valence-electron chi connectivity index (χ0n) is 13.5. The second-order valence-corrected chi connectivity index (χ2v) is 7.48. The van der Waals surface area contributed by atoms with Crippen molar-refractivity contribution in [1.82, 2.24) is 10.2 Å². The van der Waals surface area contributed by atoms with Crippen molar-refractivity contribution in [2.45, 2.75) is 89.1 Å². The Morgan fingerprint density at radius 1 is 1.00 bits per heavy atom. The van der Waals surface area contributed by atoms with Crippen LogP contribution in [0.1, 0.15) is 77.6 Å². The Hall–Kier alpha value is -0.0800. The maximum Gasteiger partial charge on any atom is 0.0365 e. The van der Waals surface area contributed by atoms with E-state index in [4.69, 9.17) is 0 Å². The van der Waals surface area contributed by atoms with Gasteiger partial charge < -0.3 is 5.32 Å². The molecule has 1 unspecified atom stereocenters. The molecule has 2 heteroatoms. The van der Waals surface area contributed by atoms with Crippen molar-refractivity contribution in [2.75, 3.05) is 19.6 Å². The van der Waals surface area contributed by atoms with E-state index in [0.717, 1.165) is 12.0 Å². The van der Waals surface area contributed by atoms with Crippen LogP contribution in [-0.4, -0.2) is 36.1 Å². The van der Waals surface area contributed by atoms with Crippen LogP contribution in [0, 0.1) is 5.92 Å². The standard InChI is InChI=1S/C18H34N2/c1-2-13-19-17(16-9-8-10-16)18(11-4-5-12-18)20-14-6-3-7-15-20/h16-17,19H,2-15H2,1H3. The number of hydrogen-bond acceptors (Lipinski definition) is 2. The first-order chi connectivity index (χ1) is 9.87. The fraction of sp³-hybridized carbons (Fsp3) is 1.00. The number of nitrogens with zero attached hydrogens (tertiary/aromatic N) is 1. The zero-order chi connectivity index (χ0) is 13.8. The number of likely N-dealkylation sites (tertiary alicyclic amines) is 1.